The molecule has 37 heavy (non-hydrogen) atoms. The lowest BCUT2D eigenvalue weighted by atomic mass is 9.88. The van der Waals surface area contributed by atoms with Gasteiger partial charge in [-0.1, -0.05) is 58.0 Å². The van der Waals surface area contributed by atoms with Gasteiger partial charge in [-0.25, -0.2) is 4.98 Å². The van der Waals surface area contributed by atoms with Crippen molar-refractivity contribution in [3.05, 3.63) is 87.4 Å². The average Bonchev–Trinajstić information content (AvgIpc) is 3.52. The van der Waals surface area contributed by atoms with E-state index in [1.54, 1.807) is 11.1 Å². The molecule has 1 aromatic heterocycles. The van der Waals surface area contributed by atoms with Crippen molar-refractivity contribution in [1.82, 2.24) is 4.98 Å². The molecular formula is C33H37NO2S. The molecule has 3 unspecified atom stereocenters. The Morgan fingerprint density at radius 1 is 0.838 bits per heavy atom. The summed E-state index contributed by atoms with van der Waals surface area (Å²) >= 11 is 1.86. The number of aromatic nitrogens is 1. The second-order valence-corrected chi connectivity index (χ2v) is 12.5. The van der Waals surface area contributed by atoms with Crippen LogP contribution in [0.25, 0.3) is 10.2 Å². The summed E-state index contributed by atoms with van der Waals surface area (Å²) in [5, 5.41) is 1.24. The van der Waals surface area contributed by atoms with Gasteiger partial charge in [0.25, 0.3) is 0 Å². The Labute approximate surface area is 224 Å². The van der Waals surface area contributed by atoms with Gasteiger partial charge >= 0.3 is 0 Å². The maximum atomic E-state index is 5.80. The summed E-state index contributed by atoms with van der Waals surface area (Å²) in [6.07, 6.45) is 4.58. The van der Waals surface area contributed by atoms with Crippen molar-refractivity contribution >= 4 is 21.6 Å². The van der Waals surface area contributed by atoms with Crippen molar-refractivity contribution in [3.8, 4) is 11.5 Å². The summed E-state index contributed by atoms with van der Waals surface area (Å²) < 4.78 is 12.8. The minimum absolute atomic E-state index is 0.397. The maximum absolute atomic E-state index is 5.80. The lowest BCUT2D eigenvalue weighted by Crippen LogP contribution is -2.15. The number of thiazole rings is 1. The second kappa shape index (κ2) is 10.1. The highest BCUT2D eigenvalue weighted by atomic mass is 32.1. The lowest BCUT2D eigenvalue weighted by Gasteiger charge is -2.20. The molecule has 0 fully saturated rings. The first-order valence-electron chi connectivity index (χ1n) is 13.8. The smallest absolute Gasteiger partial charge is 0.161 e. The average molecular weight is 512 g/mol. The van der Waals surface area contributed by atoms with E-state index in [2.05, 4.69) is 76.2 Å². The van der Waals surface area contributed by atoms with E-state index in [4.69, 9.17) is 14.5 Å². The number of nitrogens with zero attached hydrogens (tertiary/aromatic N) is 1. The summed E-state index contributed by atoms with van der Waals surface area (Å²) in [6, 6.07) is 20.4. The zero-order valence-corrected chi connectivity index (χ0v) is 23.2. The third kappa shape index (κ3) is 5.01. The Morgan fingerprint density at radius 2 is 1.59 bits per heavy atom. The van der Waals surface area contributed by atoms with Crippen LogP contribution in [0.1, 0.15) is 84.7 Å². The van der Waals surface area contributed by atoms with Gasteiger partial charge in [0.15, 0.2) is 11.5 Å². The van der Waals surface area contributed by atoms with Crippen molar-refractivity contribution in [2.24, 2.45) is 5.92 Å². The van der Waals surface area contributed by atoms with Gasteiger partial charge in [-0.15, -0.1) is 11.3 Å². The first-order valence-corrected chi connectivity index (χ1v) is 14.7. The summed E-state index contributed by atoms with van der Waals surface area (Å²) in [4.78, 5) is 5.04. The van der Waals surface area contributed by atoms with E-state index in [-0.39, 0.29) is 0 Å². The van der Waals surface area contributed by atoms with Crippen LogP contribution < -0.4 is 9.47 Å². The second-order valence-electron chi connectivity index (χ2n) is 11.4. The monoisotopic (exact) mass is 511 g/mol. The highest BCUT2D eigenvalue weighted by Gasteiger charge is 2.25. The number of benzene rings is 3. The van der Waals surface area contributed by atoms with E-state index in [9.17, 15) is 0 Å². The molecule has 4 aromatic rings. The topological polar surface area (TPSA) is 31.4 Å². The van der Waals surface area contributed by atoms with Gasteiger partial charge in [-0.3, -0.25) is 0 Å². The Balaban J connectivity index is 1.16. The molecule has 3 aromatic carbocycles. The Kier molecular flexibility index (Phi) is 6.71. The zero-order valence-electron chi connectivity index (χ0n) is 22.4. The molecule has 0 radical (unpaired) electrons. The first kappa shape index (κ1) is 24.5. The molecule has 3 atom stereocenters. The van der Waals surface area contributed by atoms with Crippen LogP contribution in [0.5, 0.6) is 11.5 Å². The van der Waals surface area contributed by atoms with Crippen molar-refractivity contribution in [3.63, 3.8) is 0 Å². The van der Waals surface area contributed by atoms with Crippen molar-refractivity contribution < 1.29 is 9.47 Å². The molecule has 0 saturated heterocycles. The van der Waals surface area contributed by atoms with Crippen LogP contribution in [0.15, 0.2) is 54.6 Å². The first-order chi connectivity index (χ1) is 17.9. The van der Waals surface area contributed by atoms with Crippen LogP contribution in [0.3, 0.4) is 0 Å². The lowest BCUT2D eigenvalue weighted by molar-refractivity contribution is 0.171. The fourth-order valence-electron chi connectivity index (χ4n) is 6.11. The third-order valence-corrected chi connectivity index (χ3v) is 9.50. The quantitative estimate of drug-likeness (QED) is 0.249. The van der Waals surface area contributed by atoms with Crippen LogP contribution in [0, 0.1) is 5.92 Å². The van der Waals surface area contributed by atoms with E-state index in [1.807, 2.05) is 17.4 Å². The number of rotatable bonds is 7. The van der Waals surface area contributed by atoms with Crippen LogP contribution in [0.4, 0.5) is 0 Å². The minimum Gasteiger partial charge on any atom is -0.486 e. The summed E-state index contributed by atoms with van der Waals surface area (Å²) in [5.74, 6) is 3.97. The molecule has 0 spiro atoms. The highest BCUT2D eigenvalue weighted by Crippen LogP contribution is 2.40. The molecule has 2 aliphatic rings. The van der Waals surface area contributed by atoms with Crippen molar-refractivity contribution in [2.75, 3.05) is 13.2 Å². The molecule has 192 valence electrons. The summed E-state index contributed by atoms with van der Waals surface area (Å²) in [7, 11) is 0. The van der Waals surface area contributed by atoms with Gasteiger partial charge in [-0.05, 0) is 95.5 Å². The van der Waals surface area contributed by atoms with Gasteiger partial charge in [0.05, 0.1) is 15.2 Å². The molecule has 0 bridgehead atoms. The third-order valence-electron chi connectivity index (χ3n) is 8.25. The number of fused-ring (bicyclic) bond motifs is 3. The van der Waals surface area contributed by atoms with Crippen LogP contribution in [-0.4, -0.2) is 18.2 Å². The molecule has 4 heteroatoms. The van der Waals surface area contributed by atoms with Gasteiger partial charge < -0.3 is 9.47 Å². The molecule has 0 saturated carbocycles. The predicted molar refractivity (Wildman–Crippen MR) is 154 cm³/mol. The zero-order chi connectivity index (χ0) is 25.5. The standard InChI is InChI=1S/C33H37NO2S/c1-20(2)27-10-8-25-7-5-23(17-28(25)27)16-22(4)33-34-29-11-6-24(18-32(29)37-33)15-21(3)26-9-12-30-31(19-26)36-14-13-35-30/h5-7,9,11-12,17-22,27H,8,10,13-16H2,1-4H3. The summed E-state index contributed by atoms with van der Waals surface area (Å²) in [5.41, 5.74) is 8.38. The van der Waals surface area contributed by atoms with E-state index < -0.39 is 0 Å². The predicted octanol–water partition coefficient (Wildman–Crippen LogP) is 8.45. The Bertz CT molecular complexity index is 1420. The SMILES string of the molecule is CC(Cc1ccc2nc(C(C)Cc3ccc4c(c3)C(C(C)C)CC4)sc2c1)c1ccc2c(c1)OCCO2. The highest BCUT2D eigenvalue weighted by molar-refractivity contribution is 7.18. The van der Waals surface area contributed by atoms with Crippen LogP contribution >= 0.6 is 11.3 Å². The normalized spacial score (nSPS) is 18.2. The molecule has 0 amide bonds. The fourth-order valence-corrected chi connectivity index (χ4v) is 7.19. The molecular weight excluding hydrogens is 474 g/mol. The van der Waals surface area contributed by atoms with E-state index >= 15 is 0 Å². The van der Waals surface area contributed by atoms with Gasteiger partial charge in [-0.2, -0.15) is 0 Å². The maximum Gasteiger partial charge on any atom is 0.161 e. The fraction of sp³-hybridized carbons (Fsp3) is 0.424. The molecule has 1 aliphatic heterocycles. The number of aryl methyl sites for hydroxylation is 1. The summed E-state index contributed by atoms with van der Waals surface area (Å²) in [6.45, 7) is 10.6. The largest absolute Gasteiger partial charge is 0.486 e. The molecule has 3 nitrogen and oxygen atoms in total. The number of hydrogen-bond acceptors (Lipinski definition) is 4. The minimum atomic E-state index is 0.397. The van der Waals surface area contributed by atoms with Crippen LogP contribution in [-0.2, 0) is 19.3 Å². The Hall–Kier alpha value is -2.85. The van der Waals surface area contributed by atoms with Gasteiger partial charge in [0.2, 0.25) is 0 Å². The molecule has 1 aliphatic carbocycles. The van der Waals surface area contributed by atoms with Gasteiger partial charge in [0, 0.05) is 5.92 Å². The van der Waals surface area contributed by atoms with E-state index in [0.29, 0.717) is 31.0 Å². The molecule has 6 rings (SSSR count). The molecule has 0 N–H and O–H groups in total. The number of ether oxygens (including phenoxy) is 2. The molecule has 2 heterocycles. The van der Waals surface area contributed by atoms with Gasteiger partial charge in [0.1, 0.15) is 13.2 Å². The van der Waals surface area contributed by atoms with Crippen LogP contribution in [0.2, 0.25) is 0 Å². The van der Waals surface area contributed by atoms with Crippen molar-refractivity contribution in [2.45, 2.75) is 71.1 Å². The van der Waals surface area contributed by atoms with E-state index in [0.717, 1.165) is 35.8 Å². The van der Waals surface area contributed by atoms with E-state index in [1.165, 1.54) is 39.2 Å². The Morgan fingerprint density at radius 3 is 2.43 bits per heavy atom. The van der Waals surface area contributed by atoms with Crippen molar-refractivity contribution in [1.29, 1.82) is 0 Å². The number of hydrogen-bond donors (Lipinski definition) is 0.